The molecule has 0 spiro atoms. The molecule has 0 N–H and O–H groups in total. The first kappa shape index (κ1) is 30.3. The Morgan fingerprint density at radius 2 is 1.70 bits per heavy atom. The van der Waals surface area contributed by atoms with Crippen LogP contribution >= 0.6 is 22.9 Å². The van der Waals surface area contributed by atoms with Crippen molar-refractivity contribution < 1.29 is 14.3 Å². The summed E-state index contributed by atoms with van der Waals surface area (Å²) in [6.07, 6.45) is 3.39. The number of ether oxygens (including phenoxy) is 2. The Morgan fingerprint density at radius 3 is 2.40 bits per heavy atom. The van der Waals surface area contributed by atoms with Gasteiger partial charge in [-0.3, -0.25) is 14.2 Å². The highest BCUT2D eigenvalue weighted by atomic mass is 35.5. The van der Waals surface area contributed by atoms with E-state index in [0.29, 0.717) is 51.4 Å². The average molecular weight is 616 g/mol. The van der Waals surface area contributed by atoms with Gasteiger partial charge in [0, 0.05) is 29.1 Å². The highest BCUT2D eigenvalue weighted by molar-refractivity contribution is 7.22. The number of halogens is 1. The standard InChI is InChI=1S/C32H28ClN3O4S.C2H6/c1-39-28-17-25(36-20-34-26-18-29(41-31(26)32(36)38)23-7-9-24(33)10-8-23)11-12-27(28)40-19-30(37)35-15-13-22(14-16-35)21-5-3-2-4-6-21;1-2/h2-12,17-18,20,22H,13-16,19H2,1H3;1-2H3. The number of piperidine rings is 1. The number of methoxy groups -OCH3 is 1. The number of nitrogens with zero attached hydrogens (tertiary/aromatic N) is 3. The maximum atomic E-state index is 13.4. The van der Waals surface area contributed by atoms with Gasteiger partial charge in [0.05, 0.1) is 18.3 Å². The van der Waals surface area contributed by atoms with Crippen molar-refractivity contribution in [3.63, 3.8) is 0 Å². The number of likely N-dealkylation sites (tertiary alicyclic amines) is 1. The van der Waals surface area contributed by atoms with Crippen LogP contribution in [0.4, 0.5) is 0 Å². The van der Waals surface area contributed by atoms with Crippen LogP contribution in [0.5, 0.6) is 11.5 Å². The number of carbonyl (C=O) groups excluding carboxylic acids is 1. The number of carbonyl (C=O) groups is 1. The molecule has 0 aliphatic carbocycles. The normalized spacial score (nSPS) is 13.3. The minimum atomic E-state index is -0.176. The second-order valence-electron chi connectivity index (χ2n) is 9.94. The van der Waals surface area contributed by atoms with Crippen LogP contribution in [0, 0.1) is 0 Å². The molecule has 0 saturated carbocycles. The summed E-state index contributed by atoms with van der Waals surface area (Å²) in [5, 5.41) is 0.657. The molecule has 2 aromatic heterocycles. The first-order chi connectivity index (χ1) is 21.0. The van der Waals surface area contributed by atoms with E-state index in [0.717, 1.165) is 23.3 Å². The molecule has 3 aromatic carbocycles. The predicted molar refractivity (Wildman–Crippen MR) is 174 cm³/mol. The fraction of sp³-hybridized carbons (Fsp3) is 0.265. The van der Waals surface area contributed by atoms with Gasteiger partial charge in [-0.15, -0.1) is 11.3 Å². The van der Waals surface area contributed by atoms with Gasteiger partial charge in [-0.1, -0.05) is 67.9 Å². The quantitative estimate of drug-likeness (QED) is 0.189. The third-order valence-electron chi connectivity index (χ3n) is 7.46. The van der Waals surface area contributed by atoms with Crippen molar-refractivity contribution in [2.75, 3.05) is 26.8 Å². The van der Waals surface area contributed by atoms with Crippen molar-refractivity contribution in [2.24, 2.45) is 0 Å². The number of hydrogen-bond acceptors (Lipinski definition) is 6. The molecule has 0 bridgehead atoms. The number of aromatic nitrogens is 2. The van der Waals surface area contributed by atoms with Gasteiger partial charge < -0.3 is 14.4 Å². The summed E-state index contributed by atoms with van der Waals surface area (Å²) in [5.41, 5.74) is 3.35. The van der Waals surface area contributed by atoms with Gasteiger partial charge in [-0.2, -0.15) is 0 Å². The maximum Gasteiger partial charge on any atom is 0.275 e. The van der Waals surface area contributed by atoms with Crippen molar-refractivity contribution >= 4 is 39.1 Å². The highest BCUT2D eigenvalue weighted by Crippen LogP contribution is 2.33. The van der Waals surface area contributed by atoms with Crippen molar-refractivity contribution in [3.05, 3.63) is 106 Å². The van der Waals surface area contributed by atoms with Gasteiger partial charge in [0.25, 0.3) is 11.5 Å². The molecule has 5 aromatic rings. The van der Waals surface area contributed by atoms with E-state index in [4.69, 9.17) is 21.1 Å². The first-order valence-electron chi connectivity index (χ1n) is 14.4. The summed E-state index contributed by atoms with van der Waals surface area (Å²) in [5.74, 6) is 1.29. The van der Waals surface area contributed by atoms with E-state index in [2.05, 4.69) is 29.2 Å². The predicted octanol–water partition coefficient (Wildman–Crippen LogP) is 7.59. The SMILES string of the molecule is CC.COc1cc(-n2cnc3cc(-c4ccc(Cl)cc4)sc3c2=O)ccc1OCC(=O)N1CCC(c2ccccc2)CC1. The maximum absolute atomic E-state index is 13.4. The van der Waals surface area contributed by atoms with Crippen LogP contribution in [0.3, 0.4) is 0 Å². The molecule has 9 heteroatoms. The molecule has 1 aliphatic rings. The lowest BCUT2D eigenvalue weighted by molar-refractivity contribution is -0.134. The van der Waals surface area contributed by atoms with E-state index in [1.165, 1.54) is 34.9 Å². The van der Waals surface area contributed by atoms with E-state index in [9.17, 15) is 9.59 Å². The molecule has 1 fully saturated rings. The van der Waals surface area contributed by atoms with Crippen LogP contribution in [0.15, 0.2) is 90.0 Å². The van der Waals surface area contributed by atoms with Crippen LogP contribution < -0.4 is 15.0 Å². The molecular formula is C34H34ClN3O4S. The number of hydrogen-bond donors (Lipinski definition) is 0. The lowest BCUT2D eigenvalue weighted by Gasteiger charge is -2.32. The largest absolute Gasteiger partial charge is 0.493 e. The van der Waals surface area contributed by atoms with Crippen LogP contribution in [0.1, 0.15) is 38.2 Å². The third kappa shape index (κ3) is 6.76. The van der Waals surface area contributed by atoms with Crippen LogP contribution in [0.25, 0.3) is 26.3 Å². The molecule has 0 unspecified atom stereocenters. The average Bonchev–Trinajstić information content (AvgIpc) is 3.51. The van der Waals surface area contributed by atoms with Gasteiger partial charge >= 0.3 is 0 Å². The summed E-state index contributed by atoms with van der Waals surface area (Å²) in [4.78, 5) is 33.6. The number of amides is 1. The summed E-state index contributed by atoms with van der Waals surface area (Å²) in [7, 11) is 1.53. The Bertz CT molecular complexity index is 1740. The Kier molecular flexibility index (Phi) is 9.79. The zero-order chi connectivity index (χ0) is 30.3. The summed E-state index contributed by atoms with van der Waals surface area (Å²) in [6, 6.07) is 25.1. The molecule has 3 heterocycles. The van der Waals surface area contributed by atoms with Gasteiger partial charge in [0.2, 0.25) is 0 Å². The Labute approximate surface area is 260 Å². The highest BCUT2D eigenvalue weighted by Gasteiger charge is 2.24. The van der Waals surface area contributed by atoms with Gasteiger partial charge in [0.1, 0.15) is 11.0 Å². The Hall–Kier alpha value is -4.14. The molecule has 0 radical (unpaired) electrons. The number of rotatable bonds is 7. The first-order valence-corrected chi connectivity index (χ1v) is 15.6. The molecular weight excluding hydrogens is 582 g/mol. The van der Waals surface area contributed by atoms with Gasteiger partial charge in [-0.05, 0) is 60.2 Å². The van der Waals surface area contributed by atoms with E-state index < -0.39 is 0 Å². The smallest absolute Gasteiger partial charge is 0.275 e. The topological polar surface area (TPSA) is 73.7 Å². The lowest BCUT2D eigenvalue weighted by atomic mass is 9.89. The van der Waals surface area contributed by atoms with E-state index >= 15 is 0 Å². The molecule has 1 aliphatic heterocycles. The summed E-state index contributed by atoms with van der Waals surface area (Å²) in [6.45, 7) is 5.33. The fourth-order valence-electron chi connectivity index (χ4n) is 5.20. The Balaban J connectivity index is 0.00000180. The van der Waals surface area contributed by atoms with Crippen molar-refractivity contribution in [2.45, 2.75) is 32.6 Å². The number of thiophene rings is 1. The van der Waals surface area contributed by atoms with Crippen LogP contribution in [-0.2, 0) is 4.79 Å². The van der Waals surface area contributed by atoms with Crippen LogP contribution in [0.2, 0.25) is 5.02 Å². The Morgan fingerprint density at radius 1 is 0.977 bits per heavy atom. The monoisotopic (exact) mass is 615 g/mol. The van der Waals surface area contributed by atoms with Crippen molar-refractivity contribution in [3.8, 4) is 27.6 Å². The van der Waals surface area contributed by atoms with Gasteiger partial charge in [-0.25, -0.2) is 4.98 Å². The molecule has 1 amide bonds. The zero-order valence-electron chi connectivity index (χ0n) is 24.5. The molecule has 43 heavy (non-hydrogen) atoms. The fourth-order valence-corrected chi connectivity index (χ4v) is 6.37. The van der Waals surface area contributed by atoms with Gasteiger partial charge in [0.15, 0.2) is 18.1 Å². The zero-order valence-corrected chi connectivity index (χ0v) is 26.0. The number of fused-ring (bicyclic) bond motifs is 1. The number of benzene rings is 3. The van der Waals surface area contributed by atoms with Crippen molar-refractivity contribution in [1.82, 2.24) is 14.5 Å². The molecule has 1 saturated heterocycles. The summed E-state index contributed by atoms with van der Waals surface area (Å²) >= 11 is 7.41. The minimum Gasteiger partial charge on any atom is -0.493 e. The molecule has 222 valence electrons. The van der Waals surface area contributed by atoms with Crippen LogP contribution in [-0.4, -0.2) is 47.2 Å². The minimum absolute atomic E-state index is 0.0531. The second-order valence-corrected chi connectivity index (χ2v) is 11.4. The van der Waals surface area contributed by atoms with E-state index in [1.807, 2.05) is 55.1 Å². The van der Waals surface area contributed by atoms with E-state index in [1.54, 1.807) is 18.2 Å². The lowest BCUT2D eigenvalue weighted by Crippen LogP contribution is -2.40. The molecule has 6 rings (SSSR count). The third-order valence-corrected chi connectivity index (χ3v) is 8.88. The van der Waals surface area contributed by atoms with E-state index in [-0.39, 0.29) is 18.1 Å². The summed E-state index contributed by atoms with van der Waals surface area (Å²) < 4.78 is 13.5. The molecule has 7 nitrogen and oxygen atoms in total. The van der Waals surface area contributed by atoms with Crippen molar-refractivity contribution in [1.29, 1.82) is 0 Å². The second kappa shape index (κ2) is 13.9. The molecule has 0 atom stereocenters.